The molecule has 27 heavy (non-hydrogen) atoms. The quantitative estimate of drug-likeness (QED) is 0.722. The van der Waals surface area contributed by atoms with Gasteiger partial charge in [-0.05, 0) is 35.9 Å². The number of nitrogens with one attached hydrogen (secondary N) is 2. The van der Waals surface area contributed by atoms with Crippen LogP contribution < -0.4 is 10.6 Å². The highest BCUT2D eigenvalue weighted by molar-refractivity contribution is 6.42. The second-order valence-electron chi connectivity index (χ2n) is 6.13. The molecule has 1 amide bonds. The van der Waals surface area contributed by atoms with Crippen LogP contribution in [0.2, 0.25) is 10.0 Å². The van der Waals surface area contributed by atoms with Gasteiger partial charge in [0.05, 0.1) is 28.3 Å². The topological polar surface area (TPSA) is 87.7 Å². The molecule has 3 N–H and O–H groups in total. The van der Waals surface area contributed by atoms with Crippen molar-refractivity contribution in [2.24, 2.45) is 0 Å². The highest BCUT2D eigenvalue weighted by Crippen LogP contribution is 2.29. The van der Waals surface area contributed by atoms with Crippen molar-refractivity contribution in [3.05, 3.63) is 69.2 Å². The predicted octanol–water partition coefficient (Wildman–Crippen LogP) is 3.15. The average molecular weight is 409 g/mol. The third-order valence-corrected chi connectivity index (χ3v) is 5.01. The zero-order valence-corrected chi connectivity index (χ0v) is 15.8. The van der Waals surface area contributed by atoms with Crippen LogP contribution in [-0.4, -0.2) is 42.7 Å². The number of hydrogen-bond donors (Lipinski definition) is 3. The van der Waals surface area contributed by atoms with Gasteiger partial charge >= 0.3 is 5.97 Å². The maximum atomic E-state index is 12.7. The molecule has 2 aromatic carbocycles. The van der Waals surface area contributed by atoms with Crippen LogP contribution in [0.5, 0.6) is 0 Å². The largest absolute Gasteiger partial charge is 0.478 e. The van der Waals surface area contributed by atoms with Crippen LogP contribution in [0.25, 0.3) is 0 Å². The van der Waals surface area contributed by atoms with E-state index in [9.17, 15) is 9.59 Å². The highest BCUT2D eigenvalue weighted by atomic mass is 35.5. The van der Waals surface area contributed by atoms with E-state index in [2.05, 4.69) is 10.6 Å². The van der Waals surface area contributed by atoms with E-state index in [-0.39, 0.29) is 23.1 Å². The number of ether oxygens (including phenoxy) is 1. The van der Waals surface area contributed by atoms with Gasteiger partial charge in [-0.2, -0.15) is 0 Å². The monoisotopic (exact) mass is 408 g/mol. The van der Waals surface area contributed by atoms with Gasteiger partial charge in [0, 0.05) is 18.7 Å². The van der Waals surface area contributed by atoms with E-state index in [1.807, 2.05) is 6.07 Å². The van der Waals surface area contributed by atoms with Gasteiger partial charge in [-0.25, -0.2) is 4.79 Å². The van der Waals surface area contributed by atoms with Gasteiger partial charge < -0.3 is 20.5 Å². The van der Waals surface area contributed by atoms with Crippen molar-refractivity contribution in [2.45, 2.75) is 12.1 Å². The molecule has 1 aliphatic heterocycles. The first-order valence-electron chi connectivity index (χ1n) is 8.37. The zero-order chi connectivity index (χ0) is 19.4. The first kappa shape index (κ1) is 19.6. The molecule has 0 bridgehead atoms. The van der Waals surface area contributed by atoms with Crippen molar-refractivity contribution in [3.8, 4) is 0 Å². The van der Waals surface area contributed by atoms with E-state index in [1.54, 1.807) is 18.2 Å². The van der Waals surface area contributed by atoms with Gasteiger partial charge in [0.25, 0.3) is 5.91 Å². The lowest BCUT2D eigenvalue weighted by Gasteiger charge is -2.26. The van der Waals surface area contributed by atoms with Crippen LogP contribution in [0.4, 0.5) is 0 Å². The van der Waals surface area contributed by atoms with Crippen LogP contribution >= 0.6 is 23.2 Å². The standard InChI is InChI=1S/C19H18Cl2N2O4/c20-14-5-4-11(9-15(14)21)17-16(10-22-6-7-27-17)23-18(24)12-2-1-3-13(8-12)19(25)26/h1-5,8-9,16-17,22H,6-7,10H2,(H,23,24)(H,25,26)/t16-,17+/m1/s1. The molecular formula is C19H18Cl2N2O4. The summed E-state index contributed by atoms with van der Waals surface area (Å²) in [5.74, 6) is -1.46. The molecule has 2 atom stereocenters. The minimum Gasteiger partial charge on any atom is -0.478 e. The van der Waals surface area contributed by atoms with Gasteiger partial charge in [-0.3, -0.25) is 4.79 Å². The Morgan fingerprint density at radius 1 is 1.11 bits per heavy atom. The summed E-state index contributed by atoms with van der Waals surface area (Å²) in [5, 5.41) is 16.1. The van der Waals surface area contributed by atoms with Crippen molar-refractivity contribution < 1.29 is 19.4 Å². The summed E-state index contributed by atoms with van der Waals surface area (Å²) in [6.07, 6.45) is -0.415. The van der Waals surface area contributed by atoms with Crippen molar-refractivity contribution in [3.63, 3.8) is 0 Å². The van der Waals surface area contributed by atoms with Crippen LogP contribution in [0.1, 0.15) is 32.4 Å². The third-order valence-electron chi connectivity index (χ3n) is 4.27. The number of carboxylic acids is 1. The number of amides is 1. The maximum absolute atomic E-state index is 12.7. The number of hydrogen-bond acceptors (Lipinski definition) is 4. The van der Waals surface area contributed by atoms with E-state index in [0.717, 1.165) is 5.56 Å². The third kappa shape index (κ3) is 4.78. The van der Waals surface area contributed by atoms with Crippen molar-refractivity contribution >= 4 is 35.1 Å². The normalized spacial score (nSPS) is 19.9. The zero-order valence-electron chi connectivity index (χ0n) is 14.2. The molecule has 0 radical (unpaired) electrons. The van der Waals surface area contributed by atoms with Gasteiger partial charge in [-0.1, -0.05) is 35.3 Å². The molecular weight excluding hydrogens is 391 g/mol. The van der Waals surface area contributed by atoms with Gasteiger partial charge in [0.15, 0.2) is 0 Å². The first-order chi connectivity index (χ1) is 13.0. The Bertz CT molecular complexity index is 859. The molecule has 8 heteroatoms. The Labute approximate surface area is 166 Å². The number of halogens is 2. The smallest absolute Gasteiger partial charge is 0.335 e. The van der Waals surface area contributed by atoms with Crippen LogP contribution in [-0.2, 0) is 4.74 Å². The molecule has 0 aromatic heterocycles. The van der Waals surface area contributed by atoms with Crippen molar-refractivity contribution in [1.29, 1.82) is 0 Å². The van der Waals surface area contributed by atoms with E-state index in [4.69, 9.17) is 33.0 Å². The fourth-order valence-electron chi connectivity index (χ4n) is 2.93. The van der Waals surface area contributed by atoms with Crippen molar-refractivity contribution in [2.75, 3.05) is 19.7 Å². The molecule has 0 unspecified atom stereocenters. The first-order valence-corrected chi connectivity index (χ1v) is 9.13. The predicted molar refractivity (Wildman–Crippen MR) is 103 cm³/mol. The van der Waals surface area contributed by atoms with Crippen LogP contribution in [0.3, 0.4) is 0 Å². The number of carbonyl (C=O) groups is 2. The molecule has 2 aromatic rings. The van der Waals surface area contributed by atoms with Gasteiger partial charge in [-0.15, -0.1) is 0 Å². The fourth-order valence-corrected chi connectivity index (χ4v) is 3.24. The summed E-state index contributed by atoms with van der Waals surface area (Å²) in [4.78, 5) is 23.8. The second-order valence-corrected chi connectivity index (χ2v) is 6.95. The number of carboxylic acid groups (broad SMARTS) is 1. The summed E-state index contributed by atoms with van der Waals surface area (Å²) in [5.41, 5.74) is 1.13. The SMILES string of the molecule is O=C(O)c1cccc(C(=O)N[C@@H]2CNCCO[C@H]2c2ccc(Cl)c(Cl)c2)c1. The van der Waals surface area contributed by atoms with Gasteiger partial charge in [0.1, 0.15) is 6.10 Å². The second kappa shape index (κ2) is 8.71. The summed E-state index contributed by atoms with van der Waals surface area (Å²) in [6.45, 7) is 1.62. The van der Waals surface area contributed by atoms with Crippen LogP contribution in [0, 0.1) is 0 Å². The molecule has 6 nitrogen and oxygen atoms in total. The Hall–Kier alpha value is -2.12. The van der Waals surface area contributed by atoms with Crippen molar-refractivity contribution in [1.82, 2.24) is 10.6 Å². The summed E-state index contributed by atoms with van der Waals surface area (Å²) >= 11 is 12.1. The van der Waals surface area contributed by atoms with E-state index in [1.165, 1.54) is 18.2 Å². The number of benzene rings is 2. The molecule has 1 saturated heterocycles. The Kier molecular flexibility index (Phi) is 6.34. The van der Waals surface area contributed by atoms with E-state index in [0.29, 0.717) is 29.7 Å². The molecule has 1 aliphatic rings. The number of rotatable bonds is 4. The lowest BCUT2D eigenvalue weighted by Crippen LogP contribution is -2.44. The minimum absolute atomic E-state index is 0.0546. The molecule has 142 valence electrons. The fraction of sp³-hybridized carbons (Fsp3) is 0.263. The molecule has 1 fully saturated rings. The lowest BCUT2D eigenvalue weighted by atomic mass is 10.0. The summed E-state index contributed by atoms with van der Waals surface area (Å²) < 4.78 is 5.92. The Morgan fingerprint density at radius 2 is 1.89 bits per heavy atom. The van der Waals surface area contributed by atoms with Crippen LogP contribution in [0.15, 0.2) is 42.5 Å². The maximum Gasteiger partial charge on any atom is 0.335 e. The molecule has 0 spiro atoms. The lowest BCUT2D eigenvalue weighted by molar-refractivity contribution is 0.0417. The summed E-state index contributed by atoms with van der Waals surface area (Å²) in [6, 6.07) is 10.8. The molecule has 1 heterocycles. The average Bonchev–Trinajstić information content (AvgIpc) is 2.89. The number of carbonyl (C=O) groups excluding carboxylic acids is 1. The Morgan fingerprint density at radius 3 is 2.63 bits per heavy atom. The molecule has 0 saturated carbocycles. The molecule has 3 rings (SSSR count). The van der Waals surface area contributed by atoms with E-state index < -0.39 is 12.1 Å². The van der Waals surface area contributed by atoms with E-state index >= 15 is 0 Å². The number of aromatic carboxylic acids is 1. The molecule has 0 aliphatic carbocycles. The Balaban J connectivity index is 1.83. The summed E-state index contributed by atoms with van der Waals surface area (Å²) in [7, 11) is 0. The highest BCUT2D eigenvalue weighted by Gasteiger charge is 2.28. The minimum atomic E-state index is -1.09. The van der Waals surface area contributed by atoms with Gasteiger partial charge in [0.2, 0.25) is 0 Å².